The lowest BCUT2D eigenvalue weighted by atomic mass is 9.81. The van der Waals surface area contributed by atoms with E-state index in [4.69, 9.17) is 35.3 Å². The molecule has 180 valence electrons. The van der Waals surface area contributed by atoms with Crippen LogP contribution >= 0.6 is 36.2 Å². The first-order chi connectivity index (χ1) is 15.4. The van der Waals surface area contributed by atoms with Crippen molar-refractivity contribution in [2.75, 3.05) is 11.1 Å². The van der Waals surface area contributed by atoms with Crippen molar-refractivity contribution in [2.24, 2.45) is 11.7 Å². The highest BCUT2D eigenvalue weighted by atomic mass is 35.5. The molecule has 0 fully saturated rings. The predicted molar refractivity (Wildman–Crippen MR) is 145 cm³/mol. The molecule has 0 aromatic heterocycles. The van der Waals surface area contributed by atoms with Crippen LogP contribution in [-0.2, 0) is 15.1 Å². The number of nitrogens with two attached hydrogens (primary N) is 2. The van der Waals surface area contributed by atoms with Gasteiger partial charge in [0.15, 0.2) is 5.11 Å². The Morgan fingerprint density at radius 1 is 1.09 bits per heavy atom. The average molecular weight is 519 g/mol. The third-order valence-electron chi connectivity index (χ3n) is 5.48. The van der Waals surface area contributed by atoms with Crippen molar-refractivity contribution in [1.82, 2.24) is 5.32 Å². The van der Waals surface area contributed by atoms with Crippen molar-refractivity contribution in [3.8, 4) is 0 Å². The van der Waals surface area contributed by atoms with Crippen molar-refractivity contribution in [1.29, 1.82) is 0 Å². The predicted octanol–water partition coefficient (Wildman–Crippen LogP) is 4.78. The van der Waals surface area contributed by atoms with Gasteiger partial charge in [-0.05, 0) is 47.5 Å². The van der Waals surface area contributed by atoms with Gasteiger partial charge >= 0.3 is 0 Å². The normalized spacial score (nSPS) is 19.1. The summed E-state index contributed by atoms with van der Waals surface area (Å²) in [6, 6.07) is 12.5. The molecule has 3 rings (SSSR count). The molecule has 0 spiro atoms. The summed E-state index contributed by atoms with van der Waals surface area (Å²) >= 11 is 12.1. The fourth-order valence-electron chi connectivity index (χ4n) is 3.62. The lowest BCUT2D eigenvalue weighted by Crippen LogP contribution is -2.38. The molecular formula is C25H28Cl2N4O2S. The molecule has 2 atom stereocenters. The molecule has 6 N–H and O–H groups in total. The number of anilines is 2. The molecule has 1 aliphatic carbocycles. The minimum Gasteiger partial charge on any atom is -0.398 e. The molecule has 0 saturated carbocycles. The van der Waals surface area contributed by atoms with Crippen LogP contribution in [-0.4, -0.2) is 16.9 Å². The van der Waals surface area contributed by atoms with Gasteiger partial charge in [0.25, 0.3) is 5.91 Å². The number of primary amides is 1. The minimum absolute atomic E-state index is 0. The second-order valence-electron chi connectivity index (χ2n) is 8.93. The Kier molecular flexibility index (Phi) is 8.53. The number of carbonyl (C=O) groups is 2. The van der Waals surface area contributed by atoms with Crippen molar-refractivity contribution >= 4 is 64.5 Å². The van der Waals surface area contributed by atoms with E-state index in [1.165, 1.54) is 0 Å². The van der Waals surface area contributed by atoms with Crippen LogP contribution in [0.15, 0.2) is 66.8 Å². The zero-order valence-corrected chi connectivity index (χ0v) is 21.5. The van der Waals surface area contributed by atoms with E-state index in [0.29, 0.717) is 22.5 Å². The topological polar surface area (TPSA) is 110 Å². The van der Waals surface area contributed by atoms with E-state index in [0.717, 1.165) is 5.56 Å². The molecule has 0 aliphatic heterocycles. The highest BCUT2D eigenvalue weighted by molar-refractivity contribution is 7.80. The molecule has 0 heterocycles. The van der Waals surface area contributed by atoms with Crippen LogP contribution in [0.5, 0.6) is 0 Å². The number of benzene rings is 2. The summed E-state index contributed by atoms with van der Waals surface area (Å²) in [5, 5.41) is 5.74. The van der Waals surface area contributed by atoms with Gasteiger partial charge in [-0.15, -0.1) is 24.0 Å². The van der Waals surface area contributed by atoms with Crippen LogP contribution in [0.4, 0.5) is 11.4 Å². The van der Waals surface area contributed by atoms with Gasteiger partial charge in [0.05, 0.1) is 5.92 Å². The van der Waals surface area contributed by atoms with E-state index in [2.05, 4.69) is 31.4 Å². The molecule has 2 aromatic carbocycles. The third kappa shape index (κ3) is 5.97. The maximum atomic E-state index is 12.5. The zero-order valence-electron chi connectivity index (χ0n) is 19.1. The van der Waals surface area contributed by atoms with E-state index in [1.807, 2.05) is 12.1 Å². The van der Waals surface area contributed by atoms with E-state index < -0.39 is 16.7 Å². The van der Waals surface area contributed by atoms with E-state index >= 15 is 0 Å². The number of hydrogen-bond donors (Lipinski definition) is 4. The smallest absolute Gasteiger partial charge is 0.257 e. The van der Waals surface area contributed by atoms with Crippen LogP contribution in [0.1, 0.15) is 42.3 Å². The summed E-state index contributed by atoms with van der Waals surface area (Å²) in [7, 11) is 0. The molecule has 0 bridgehead atoms. The number of nitrogen functional groups attached to an aromatic ring is 1. The molecule has 6 nitrogen and oxygen atoms in total. The second-order valence-corrected chi connectivity index (χ2v) is 9.96. The first kappa shape index (κ1) is 27.4. The molecule has 1 aliphatic rings. The summed E-state index contributed by atoms with van der Waals surface area (Å²) in [6.45, 7) is 6.33. The van der Waals surface area contributed by atoms with Crippen molar-refractivity contribution in [3.05, 3.63) is 83.5 Å². The maximum absolute atomic E-state index is 12.5. The van der Waals surface area contributed by atoms with Crippen LogP contribution in [0.2, 0.25) is 0 Å². The Hall–Kier alpha value is -2.87. The summed E-state index contributed by atoms with van der Waals surface area (Å²) in [6.07, 6.45) is 6.81. The maximum Gasteiger partial charge on any atom is 0.257 e. The summed E-state index contributed by atoms with van der Waals surface area (Å²) < 4.78 is 0. The molecule has 0 saturated heterocycles. The highest BCUT2D eigenvalue weighted by Crippen LogP contribution is 2.44. The summed E-state index contributed by atoms with van der Waals surface area (Å²) in [5.74, 6) is -1.61. The molecule has 2 amide bonds. The largest absolute Gasteiger partial charge is 0.398 e. The van der Waals surface area contributed by atoms with E-state index in [-0.39, 0.29) is 28.8 Å². The Morgan fingerprint density at radius 3 is 2.29 bits per heavy atom. The first-order valence-electron chi connectivity index (χ1n) is 10.4. The fourth-order valence-corrected chi connectivity index (χ4v) is 4.26. The van der Waals surface area contributed by atoms with Gasteiger partial charge in [-0.3, -0.25) is 14.9 Å². The number of halogens is 2. The van der Waals surface area contributed by atoms with Gasteiger partial charge in [-0.2, -0.15) is 0 Å². The van der Waals surface area contributed by atoms with Gasteiger partial charge in [-0.25, -0.2) is 0 Å². The molecule has 2 aromatic rings. The standard InChI is InChI=1S/C25H27ClN4O2S.ClH/c1-24(2,3)16-9-7-15(8-10-16)22(32)30-23(33)29-17-11-12-18(20(27)14-17)25(26)13-5-4-6-19(25)21(28)31;/h4-14,19H,27H2,1-3H3,(H2,28,31)(H2,29,30,32,33);1H. The van der Waals surface area contributed by atoms with E-state index in [1.54, 1.807) is 54.6 Å². The first-order valence-corrected chi connectivity index (χ1v) is 11.2. The number of thiocarbonyl (C=S) groups is 1. The number of nitrogens with one attached hydrogen (secondary N) is 2. The second kappa shape index (κ2) is 10.6. The van der Waals surface area contributed by atoms with Crippen molar-refractivity contribution in [2.45, 2.75) is 31.1 Å². The number of hydrogen-bond acceptors (Lipinski definition) is 4. The highest BCUT2D eigenvalue weighted by Gasteiger charge is 2.41. The van der Waals surface area contributed by atoms with Gasteiger partial charge in [-0.1, -0.05) is 63.3 Å². The molecule has 0 radical (unpaired) electrons. The van der Waals surface area contributed by atoms with Gasteiger partial charge in [0.1, 0.15) is 4.87 Å². The molecule has 34 heavy (non-hydrogen) atoms. The van der Waals surface area contributed by atoms with Crippen LogP contribution < -0.4 is 22.1 Å². The monoisotopic (exact) mass is 518 g/mol. The zero-order chi connectivity index (χ0) is 24.4. The fraction of sp³-hybridized carbons (Fsp3) is 0.240. The van der Waals surface area contributed by atoms with Crippen LogP contribution in [0.3, 0.4) is 0 Å². The van der Waals surface area contributed by atoms with Crippen LogP contribution in [0.25, 0.3) is 0 Å². The molecule has 2 unspecified atom stereocenters. The van der Waals surface area contributed by atoms with Gasteiger partial charge < -0.3 is 16.8 Å². The Morgan fingerprint density at radius 2 is 1.74 bits per heavy atom. The van der Waals surface area contributed by atoms with Gasteiger partial charge in [0, 0.05) is 22.5 Å². The lowest BCUT2D eigenvalue weighted by Gasteiger charge is -2.32. The Bertz CT molecular complexity index is 1160. The summed E-state index contributed by atoms with van der Waals surface area (Å²) in [4.78, 5) is 23.3. The number of rotatable bonds is 4. The minimum atomic E-state index is -1.18. The number of carbonyl (C=O) groups excluding carboxylic acids is 2. The van der Waals surface area contributed by atoms with Crippen LogP contribution in [0, 0.1) is 5.92 Å². The summed E-state index contributed by atoms with van der Waals surface area (Å²) in [5.41, 5.74) is 14.9. The van der Waals surface area contributed by atoms with E-state index in [9.17, 15) is 9.59 Å². The lowest BCUT2D eigenvalue weighted by molar-refractivity contribution is -0.121. The Balaban J connectivity index is 0.00000408. The average Bonchev–Trinajstić information content (AvgIpc) is 2.73. The Labute approximate surface area is 216 Å². The van der Waals surface area contributed by atoms with Gasteiger partial charge in [0.2, 0.25) is 5.91 Å². The number of amides is 2. The van der Waals surface area contributed by atoms with Crippen molar-refractivity contribution in [3.63, 3.8) is 0 Å². The van der Waals surface area contributed by atoms with Crippen molar-refractivity contribution < 1.29 is 9.59 Å². The quantitative estimate of drug-likeness (QED) is 0.264. The molecular weight excluding hydrogens is 491 g/mol. The third-order valence-corrected chi connectivity index (χ3v) is 6.24. The molecule has 9 heteroatoms. The SMILES string of the molecule is CC(C)(C)c1ccc(C(=O)NC(=S)Nc2ccc(C3(Cl)C=CC=CC3C(N)=O)c(N)c2)cc1.Cl. The number of allylic oxidation sites excluding steroid dienone is 3. The number of alkyl halides is 1.